The number of carbonyl (C=O) groups is 2. The Morgan fingerprint density at radius 2 is 1.73 bits per heavy atom. The number of anilines is 2. The van der Waals surface area contributed by atoms with Gasteiger partial charge < -0.3 is 20.7 Å². The molecule has 0 atom stereocenters. The third-order valence-electron chi connectivity index (χ3n) is 3.91. The molecule has 0 saturated heterocycles. The smallest absolute Gasteiger partial charge is 0.251 e. The molecule has 2 aromatic carbocycles. The normalized spacial score (nSPS) is 10.3. The molecule has 0 radical (unpaired) electrons. The predicted molar refractivity (Wildman–Crippen MR) is 104 cm³/mol. The molecule has 0 aromatic heterocycles. The van der Waals surface area contributed by atoms with E-state index < -0.39 is 0 Å². The summed E-state index contributed by atoms with van der Waals surface area (Å²) >= 11 is 0. The van der Waals surface area contributed by atoms with E-state index in [0.29, 0.717) is 24.4 Å². The predicted octanol–water partition coefficient (Wildman–Crippen LogP) is 2.73. The number of amides is 2. The van der Waals surface area contributed by atoms with E-state index in [9.17, 15) is 9.59 Å². The second-order valence-electron chi connectivity index (χ2n) is 6.00. The van der Waals surface area contributed by atoms with Crippen molar-refractivity contribution in [2.24, 2.45) is 0 Å². The van der Waals surface area contributed by atoms with E-state index in [1.165, 1.54) is 0 Å². The highest BCUT2D eigenvalue weighted by Crippen LogP contribution is 2.19. The van der Waals surface area contributed by atoms with Crippen molar-refractivity contribution >= 4 is 23.2 Å². The van der Waals surface area contributed by atoms with Crippen molar-refractivity contribution in [1.29, 1.82) is 0 Å². The molecule has 6 heteroatoms. The fraction of sp³-hybridized carbons (Fsp3) is 0.300. The van der Waals surface area contributed by atoms with Gasteiger partial charge in [0, 0.05) is 30.6 Å². The Morgan fingerprint density at radius 3 is 2.42 bits per heavy atom. The van der Waals surface area contributed by atoms with Crippen LogP contribution >= 0.6 is 0 Å². The summed E-state index contributed by atoms with van der Waals surface area (Å²) in [5.74, 6) is -0.378. The summed E-state index contributed by atoms with van der Waals surface area (Å²) in [5.41, 5.74) is 4.22. The maximum atomic E-state index is 12.2. The van der Waals surface area contributed by atoms with E-state index in [0.717, 1.165) is 16.8 Å². The molecule has 2 rings (SSSR count). The number of hydrogen-bond donors (Lipinski definition) is 3. The number of para-hydroxylation sites is 1. The summed E-state index contributed by atoms with van der Waals surface area (Å²) in [4.78, 5) is 24.3. The lowest BCUT2D eigenvalue weighted by Crippen LogP contribution is -2.27. The molecule has 0 aliphatic rings. The maximum Gasteiger partial charge on any atom is 0.251 e. The third kappa shape index (κ3) is 5.60. The number of carbonyl (C=O) groups excluding carboxylic acids is 2. The van der Waals surface area contributed by atoms with E-state index in [1.54, 1.807) is 31.4 Å². The van der Waals surface area contributed by atoms with Crippen LogP contribution in [0, 0.1) is 13.8 Å². The molecule has 0 heterocycles. The van der Waals surface area contributed by atoms with Crippen LogP contribution in [-0.2, 0) is 9.53 Å². The van der Waals surface area contributed by atoms with Crippen LogP contribution in [0.25, 0.3) is 0 Å². The number of methoxy groups -OCH3 is 1. The van der Waals surface area contributed by atoms with Crippen LogP contribution in [0.2, 0.25) is 0 Å². The molecule has 0 bridgehead atoms. The van der Waals surface area contributed by atoms with Crippen molar-refractivity contribution in [2.75, 3.05) is 37.4 Å². The number of nitrogens with one attached hydrogen (secondary N) is 3. The topological polar surface area (TPSA) is 79.5 Å². The number of benzene rings is 2. The van der Waals surface area contributed by atoms with Gasteiger partial charge in [0.25, 0.3) is 5.91 Å². The van der Waals surface area contributed by atoms with Gasteiger partial charge in [0.05, 0.1) is 13.2 Å². The van der Waals surface area contributed by atoms with Crippen LogP contribution in [0.3, 0.4) is 0 Å². The first kappa shape index (κ1) is 19.5. The quantitative estimate of drug-likeness (QED) is 0.636. The van der Waals surface area contributed by atoms with E-state index in [1.807, 2.05) is 32.0 Å². The summed E-state index contributed by atoms with van der Waals surface area (Å²) in [7, 11) is 1.58. The summed E-state index contributed by atoms with van der Waals surface area (Å²) in [5, 5.41) is 8.73. The van der Waals surface area contributed by atoms with Gasteiger partial charge in [-0.15, -0.1) is 0 Å². The average Bonchev–Trinajstić information content (AvgIpc) is 2.61. The van der Waals surface area contributed by atoms with Crippen molar-refractivity contribution in [2.45, 2.75) is 13.8 Å². The Balaban J connectivity index is 1.92. The van der Waals surface area contributed by atoms with E-state index in [4.69, 9.17) is 4.74 Å². The minimum atomic E-state index is -0.202. The Labute approximate surface area is 153 Å². The van der Waals surface area contributed by atoms with Crippen LogP contribution in [0.5, 0.6) is 0 Å². The molecule has 0 spiro atoms. The molecular formula is C20H25N3O3. The Kier molecular flexibility index (Phi) is 7.17. The van der Waals surface area contributed by atoms with Crippen LogP contribution < -0.4 is 16.0 Å². The van der Waals surface area contributed by atoms with Gasteiger partial charge in [-0.3, -0.25) is 9.59 Å². The fourth-order valence-electron chi connectivity index (χ4n) is 2.57. The van der Waals surface area contributed by atoms with Gasteiger partial charge in [-0.2, -0.15) is 0 Å². The van der Waals surface area contributed by atoms with Gasteiger partial charge in [0.1, 0.15) is 0 Å². The highest BCUT2D eigenvalue weighted by atomic mass is 16.5. The van der Waals surface area contributed by atoms with Gasteiger partial charge >= 0.3 is 0 Å². The van der Waals surface area contributed by atoms with Crippen LogP contribution in [-0.4, -0.2) is 38.6 Å². The molecule has 2 amide bonds. The van der Waals surface area contributed by atoms with Gasteiger partial charge in [-0.25, -0.2) is 0 Å². The lowest BCUT2D eigenvalue weighted by Gasteiger charge is -2.13. The zero-order valence-corrected chi connectivity index (χ0v) is 15.4. The Hall–Kier alpha value is -2.86. The first-order valence-electron chi connectivity index (χ1n) is 8.48. The van der Waals surface area contributed by atoms with Gasteiger partial charge in [-0.1, -0.05) is 24.3 Å². The molecule has 0 saturated carbocycles. The van der Waals surface area contributed by atoms with Gasteiger partial charge in [0.2, 0.25) is 5.91 Å². The van der Waals surface area contributed by atoms with Crippen molar-refractivity contribution in [3.63, 3.8) is 0 Å². The molecule has 6 nitrogen and oxygen atoms in total. The molecule has 0 unspecified atom stereocenters. The van der Waals surface area contributed by atoms with Gasteiger partial charge in [0.15, 0.2) is 0 Å². The third-order valence-corrected chi connectivity index (χ3v) is 3.91. The number of rotatable bonds is 8. The maximum absolute atomic E-state index is 12.2. The van der Waals surface area contributed by atoms with Crippen LogP contribution in [0.4, 0.5) is 11.4 Å². The summed E-state index contributed by atoms with van der Waals surface area (Å²) < 4.78 is 4.91. The minimum Gasteiger partial charge on any atom is -0.383 e. The Morgan fingerprint density at radius 1 is 1.04 bits per heavy atom. The molecule has 0 aliphatic carbocycles. The second kappa shape index (κ2) is 9.58. The van der Waals surface area contributed by atoms with Crippen molar-refractivity contribution in [3.8, 4) is 0 Å². The first-order valence-corrected chi connectivity index (χ1v) is 8.48. The van der Waals surface area contributed by atoms with E-state index in [2.05, 4.69) is 16.0 Å². The average molecular weight is 355 g/mol. The summed E-state index contributed by atoms with van der Waals surface area (Å²) in [6.45, 7) is 5.03. The highest BCUT2D eigenvalue weighted by Gasteiger charge is 2.09. The molecule has 138 valence electrons. The second-order valence-corrected chi connectivity index (χ2v) is 6.00. The largest absolute Gasteiger partial charge is 0.383 e. The van der Waals surface area contributed by atoms with Crippen molar-refractivity contribution in [3.05, 3.63) is 59.2 Å². The van der Waals surface area contributed by atoms with Crippen molar-refractivity contribution < 1.29 is 14.3 Å². The molecule has 3 N–H and O–H groups in total. The number of hydrogen-bond acceptors (Lipinski definition) is 4. The SMILES string of the molecule is COCCNC(=O)c1cccc(NC(=O)CNc2c(C)cccc2C)c1. The summed E-state index contributed by atoms with van der Waals surface area (Å²) in [6.07, 6.45) is 0. The first-order chi connectivity index (χ1) is 12.5. The monoisotopic (exact) mass is 355 g/mol. The Bertz CT molecular complexity index is 754. The summed E-state index contributed by atoms with van der Waals surface area (Å²) in [6, 6.07) is 12.8. The lowest BCUT2D eigenvalue weighted by atomic mass is 10.1. The fourth-order valence-corrected chi connectivity index (χ4v) is 2.57. The molecular weight excluding hydrogens is 330 g/mol. The van der Waals surface area contributed by atoms with Gasteiger partial charge in [-0.05, 0) is 43.2 Å². The molecule has 2 aromatic rings. The van der Waals surface area contributed by atoms with Crippen molar-refractivity contribution in [1.82, 2.24) is 5.32 Å². The number of ether oxygens (including phenoxy) is 1. The van der Waals surface area contributed by atoms with E-state index in [-0.39, 0.29) is 18.4 Å². The standard InChI is InChI=1S/C20H25N3O3/c1-14-6-4-7-15(2)19(14)22-13-18(24)23-17-9-5-8-16(12-17)20(25)21-10-11-26-3/h4-9,12,22H,10-11,13H2,1-3H3,(H,21,25)(H,23,24). The zero-order chi connectivity index (χ0) is 18.9. The molecule has 26 heavy (non-hydrogen) atoms. The van der Waals surface area contributed by atoms with Crippen LogP contribution in [0.15, 0.2) is 42.5 Å². The minimum absolute atomic E-state index is 0.149. The highest BCUT2D eigenvalue weighted by molar-refractivity contribution is 5.98. The van der Waals surface area contributed by atoms with E-state index >= 15 is 0 Å². The molecule has 0 aliphatic heterocycles. The zero-order valence-electron chi connectivity index (χ0n) is 15.4. The number of aryl methyl sites for hydroxylation is 2. The van der Waals surface area contributed by atoms with Crippen LogP contribution in [0.1, 0.15) is 21.5 Å². The lowest BCUT2D eigenvalue weighted by molar-refractivity contribution is -0.114. The molecule has 0 fully saturated rings.